The molecular formula is C17H18N2O3. The quantitative estimate of drug-likeness (QED) is 0.831. The molecule has 0 saturated carbocycles. The van der Waals surface area contributed by atoms with Crippen LogP contribution >= 0.6 is 0 Å². The van der Waals surface area contributed by atoms with Crippen LogP contribution in [-0.2, 0) is 14.3 Å². The number of esters is 1. The third-order valence-electron chi connectivity index (χ3n) is 3.06. The van der Waals surface area contributed by atoms with Crippen molar-refractivity contribution >= 4 is 23.3 Å². The van der Waals surface area contributed by atoms with Gasteiger partial charge in [-0.2, -0.15) is 0 Å². The van der Waals surface area contributed by atoms with Gasteiger partial charge in [-0.3, -0.25) is 9.59 Å². The molecule has 5 nitrogen and oxygen atoms in total. The fourth-order valence-electron chi connectivity index (χ4n) is 1.99. The first-order valence-corrected chi connectivity index (χ1v) is 6.91. The maximum atomic E-state index is 12.2. The van der Waals surface area contributed by atoms with Crippen LogP contribution in [0.4, 0.5) is 11.4 Å². The Morgan fingerprint density at radius 1 is 0.955 bits per heavy atom. The predicted octanol–water partition coefficient (Wildman–Crippen LogP) is 2.30. The number of carbonyl (C=O) groups excluding carboxylic acids is 2. The van der Waals surface area contributed by atoms with Crippen molar-refractivity contribution in [1.82, 2.24) is 0 Å². The molecule has 22 heavy (non-hydrogen) atoms. The van der Waals surface area contributed by atoms with E-state index in [2.05, 4.69) is 10.1 Å². The van der Waals surface area contributed by atoms with E-state index >= 15 is 0 Å². The summed E-state index contributed by atoms with van der Waals surface area (Å²) >= 11 is 0. The largest absolute Gasteiger partial charge is 0.468 e. The maximum absolute atomic E-state index is 12.2. The van der Waals surface area contributed by atoms with E-state index in [9.17, 15) is 9.59 Å². The topological polar surface area (TPSA) is 58.6 Å². The Labute approximate surface area is 129 Å². The van der Waals surface area contributed by atoms with Gasteiger partial charge in [-0.25, -0.2) is 0 Å². The molecule has 1 N–H and O–H groups in total. The predicted molar refractivity (Wildman–Crippen MR) is 85.7 cm³/mol. The summed E-state index contributed by atoms with van der Waals surface area (Å²) in [6, 6.07) is 18.5. The normalized spacial score (nSPS) is 9.86. The molecule has 0 bridgehead atoms. The van der Waals surface area contributed by atoms with E-state index in [0.717, 1.165) is 11.4 Å². The van der Waals surface area contributed by atoms with Gasteiger partial charge in [0.25, 0.3) is 0 Å². The number of amides is 1. The Morgan fingerprint density at radius 2 is 1.55 bits per heavy atom. The first kappa shape index (κ1) is 15.6. The van der Waals surface area contributed by atoms with E-state index in [1.165, 1.54) is 7.11 Å². The van der Waals surface area contributed by atoms with Crippen molar-refractivity contribution in [2.75, 3.05) is 30.4 Å². The number of rotatable bonds is 6. The van der Waals surface area contributed by atoms with Crippen molar-refractivity contribution in [3.05, 3.63) is 60.7 Å². The van der Waals surface area contributed by atoms with Crippen LogP contribution in [0, 0.1) is 0 Å². The second-order valence-electron chi connectivity index (χ2n) is 4.68. The second kappa shape index (κ2) is 7.83. The molecule has 5 heteroatoms. The zero-order valence-electron chi connectivity index (χ0n) is 12.4. The molecule has 0 fully saturated rings. The number of hydrogen-bond donors (Lipinski definition) is 1. The van der Waals surface area contributed by atoms with Crippen LogP contribution in [0.2, 0.25) is 0 Å². The molecular weight excluding hydrogens is 280 g/mol. The van der Waals surface area contributed by atoms with Crippen LogP contribution in [0.15, 0.2) is 60.7 Å². The average Bonchev–Trinajstić information content (AvgIpc) is 2.55. The molecule has 114 valence electrons. The number of nitrogens with zero attached hydrogens (tertiary/aromatic N) is 1. The van der Waals surface area contributed by atoms with Gasteiger partial charge in [-0.05, 0) is 24.3 Å². The summed E-state index contributed by atoms with van der Waals surface area (Å²) in [5.74, 6) is -0.588. The number of carbonyl (C=O) groups is 2. The molecule has 0 aromatic heterocycles. The third kappa shape index (κ3) is 4.63. The average molecular weight is 298 g/mol. The molecule has 0 aliphatic carbocycles. The zero-order chi connectivity index (χ0) is 15.8. The fraction of sp³-hybridized carbons (Fsp3) is 0.176. The minimum Gasteiger partial charge on any atom is -0.468 e. The summed E-state index contributed by atoms with van der Waals surface area (Å²) in [5, 5.41) is 2.80. The van der Waals surface area contributed by atoms with E-state index in [-0.39, 0.29) is 19.0 Å². The lowest BCUT2D eigenvalue weighted by Gasteiger charge is -2.22. The minimum atomic E-state index is -0.392. The number of benzene rings is 2. The van der Waals surface area contributed by atoms with E-state index in [1.807, 2.05) is 60.7 Å². The molecule has 2 aromatic carbocycles. The lowest BCUT2D eigenvalue weighted by Crippen LogP contribution is -2.37. The number of ether oxygens (including phenoxy) is 1. The van der Waals surface area contributed by atoms with Gasteiger partial charge in [0.1, 0.15) is 6.54 Å². The molecule has 2 aromatic rings. The van der Waals surface area contributed by atoms with Crippen LogP contribution in [0.3, 0.4) is 0 Å². The van der Waals surface area contributed by atoms with Crippen LogP contribution in [0.1, 0.15) is 0 Å². The number of nitrogens with one attached hydrogen (secondary N) is 1. The number of para-hydroxylation sites is 2. The molecule has 1 amide bonds. The minimum absolute atomic E-state index is 0.0166. The summed E-state index contributed by atoms with van der Waals surface area (Å²) in [6.45, 7) is 0.0801. The van der Waals surface area contributed by atoms with Crippen LogP contribution in [0.25, 0.3) is 0 Å². The smallest absolute Gasteiger partial charge is 0.325 e. The fourth-order valence-corrected chi connectivity index (χ4v) is 1.99. The van der Waals surface area contributed by atoms with Crippen molar-refractivity contribution in [2.45, 2.75) is 0 Å². The molecule has 0 aliphatic rings. The number of methoxy groups -OCH3 is 1. The first-order valence-electron chi connectivity index (χ1n) is 6.91. The molecule has 0 radical (unpaired) electrons. The summed E-state index contributed by atoms with van der Waals surface area (Å²) in [7, 11) is 1.33. The van der Waals surface area contributed by atoms with Gasteiger partial charge in [-0.15, -0.1) is 0 Å². The van der Waals surface area contributed by atoms with Gasteiger partial charge in [0.2, 0.25) is 5.91 Å². The maximum Gasteiger partial charge on any atom is 0.325 e. The molecule has 0 aliphatic heterocycles. The van der Waals surface area contributed by atoms with Crippen molar-refractivity contribution < 1.29 is 14.3 Å². The highest BCUT2D eigenvalue weighted by molar-refractivity contribution is 5.94. The summed E-state index contributed by atoms with van der Waals surface area (Å²) in [5.41, 5.74) is 1.51. The third-order valence-corrected chi connectivity index (χ3v) is 3.06. The molecule has 0 saturated heterocycles. The Hall–Kier alpha value is -2.82. The number of anilines is 2. The Morgan fingerprint density at radius 3 is 2.14 bits per heavy atom. The zero-order valence-corrected chi connectivity index (χ0v) is 12.4. The Bertz CT molecular complexity index is 614. The lowest BCUT2D eigenvalue weighted by molar-refractivity contribution is -0.138. The van der Waals surface area contributed by atoms with Crippen molar-refractivity contribution in [1.29, 1.82) is 0 Å². The van der Waals surface area contributed by atoms with Crippen LogP contribution in [0.5, 0.6) is 0 Å². The van der Waals surface area contributed by atoms with E-state index in [0.29, 0.717) is 0 Å². The monoisotopic (exact) mass is 298 g/mol. The van der Waals surface area contributed by atoms with Crippen LogP contribution in [-0.4, -0.2) is 32.1 Å². The Kier molecular flexibility index (Phi) is 5.54. The van der Waals surface area contributed by atoms with E-state index in [4.69, 9.17) is 0 Å². The standard InChI is InChI=1S/C17H18N2O3/c1-22-17(21)13-19(15-10-6-3-7-11-15)12-16(20)18-14-8-4-2-5-9-14/h2-11H,12-13H2,1H3,(H,18,20). The lowest BCUT2D eigenvalue weighted by atomic mass is 10.2. The Balaban J connectivity index is 2.05. The van der Waals surface area contributed by atoms with E-state index < -0.39 is 5.97 Å². The molecule has 0 spiro atoms. The van der Waals surface area contributed by atoms with Gasteiger partial charge in [0, 0.05) is 11.4 Å². The summed E-state index contributed by atoms with van der Waals surface area (Å²) in [4.78, 5) is 25.4. The second-order valence-corrected chi connectivity index (χ2v) is 4.68. The van der Waals surface area contributed by atoms with Gasteiger partial charge >= 0.3 is 5.97 Å². The molecule has 2 rings (SSSR count). The summed E-state index contributed by atoms with van der Waals surface area (Å²) in [6.07, 6.45) is 0. The molecule has 0 heterocycles. The van der Waals surface area contributed by atoms with Crippen molar-refractivity contribution in [3.8, 4) is 0 Å². The SMILES string of the molecule is COC(=O)CN(CC(=O)Nc1ccccc1)c1ccccc1. The van der Waals surface area contributed by atoms with Crippen molar-refractivity contribution in [2.24, 2.45) is 0 Å². The van der Waals surface area contributed by atoms with Crippen molar-refractivity contribution in [3.63, 3.8) is 0 Å². The van der Waals surface area contributed by atoms with Crippen LogP contribution < -0.4 is 10.2 Å². The van der Waals surface area contributed by atoms with Gasteiger partial charge < -0.3 is 15.0 Å². The summed E-state index contributed by atoms with van der Waals surface area (Å²) < 4.78 is 4.69. The highest BCUT2D eigenvalue weighted by Crippen LogP contribution is 2.13. The highest BCUT2D eigenvalue weighted by atomic mass is 16.5. The number of hydrogen-bond acceptors (Lipinski definition) is 4. The molecule has 0 unspecified atom stereocenters. The molecule has 0 atom stereocenters. The van der Waals surface area contributed by atoms with E-state index in [1.54, 1.807) is 4.90 Å². The first-order chi connectivity index (χ1) is 10.7. The van der Waals surface area contributed by atoms with Gasteiger partial charge in [-0.1, -0.05) is 36.4 Å². The highest BCUT2D eigenvalue weighted by Gasteiger charge is 2.15. The van der Waals surface area contributed by atoms with Gasteiger partial charge in [0.05, 0.1) is 13.7 Å². The van der Waals surface area contributed by atoms with Gasteiger partial charge in [0.15, 0.2) is 0 Å².